The van der Waals surface area contributed by atoms with Crippen molar-refractivity contribution in [1.29, 1.82) is 0 Å². The zero-order valence-electron chi connectivity index (χ0n) is 18.1. The van der Waals surface area contributed by atoms with Crippen molar-refractivity contribution in [2.45, 2.75) is 12.7 Å². The number of anilines is 1. The first-order valence-electron chi connectivity index (χ1n) is 10.2. The van der Waals surface area contributed by atoms with Crippen LogP contribution in [0.25, 0.3) is 10.9 Å². The van der Waals surface area contributed by atoms with E-state index in [1.54, 1.807) is 18.2 Å². The van der Waals surface area contributed by atoms with Gasteiger partial charge in [0.05, 0.1) is 12.7 Å². The third kappa shape index (κ3) is 4.99. The van der Waals surface area contributed by atoms with Crippen LogP contribution in [0, 0.1) is 0 Å². The number of nitrogens with one attached hydrogen (secondary N) is 1. The predicted octanol–water partition coefficient (Wildman–Crippen LogP) is 6.85. The quantitative estimate of drug-likeness (QED) is 0.223. The number of nitrogens with zero attached hydrogens (tertiary/aromatic N) is 1. The van der Waals surface area contributed by atoms with Crippen molar-refractivity contribution in [3.63, 3.8) is 0 Å². The van der Waals surface area contributed by atoms with E-state index in [9.17, 15) is 22.8 Å². The first kappa shape index (κ1) is 24.6. The number of carbonyl (C=O) groups is 2. The lowest BCUT2D eigenvalue weighted by molar-refractivity contribution is -0.143. The maximum atomic E-state index is 14.5. The Morgan fingerprint density at radius 3 is 2.34 bits per heavy atom. The van der Waals surface area contributed by atoms with Crippen LogP contribution in [0.5, 0.6) is 5.75 Å². The molecule has 4 aromatic rings. The molecule has 0 atom stereocenters. The number of ketones is 1. The third-order valence-electron chi connectivity index (χ3n) is 5.35. The molecule has 0 aliphatic heterocycles. The number of benzene rings is 3. The maximum absolute atomic E-state index is 14.5. The van der Waals surface area contributed by atoms with Crippen LogP contribution in [0.1, 0.15) is 21.6 Å². The number of hydrogen-bond acceptors (Lipinski definition) is 3. The van der Waals surface area contributed by atoms with Gasteiger partial charge in [-0.2, -0.15) is 13.2 Å². The van der Waals surface area contributed by atoms with Crippen molar-refractivity contribution >= 4 is 51.5 Å². The van der Waals surface area contributed by atoms with Crippen molar-refractivity contribution in [2.24, 2.45) is 0 Å². The second-order valence-corrected chi connectivity index (χ2v) is 8.42. The molecule has 0 fully saturated rings. The number of hydrogen-bond donors (Lipinski definition) is 1. The van der Waals surface area contributed by atoms with Crippen LogP contribution >= 0.6 is 23.2 Å². The minimum Gasteiger partial charge on any atom is -0.497 e. The predicted molar refractivity (Wildman–Crippen MR) is 128 cm³/mol. The van der Waals surface area contributed by atoms with Gasteiger partial charge < -0.3 is 14.6 Å². The summed E-state index contributed by atoms with van der Waals surface area (Å²) in [6.45, 7) is -0.318. The molecule has 0 spiro atoms. The highest BCUT2D eigenvalue weighted by Gasteiger charge is 2.42. The topological polar surface area (TPSA) is 60.3 Å². The first-order valence-corrected chi connectivity index (χ1v) is 11.0. The molecule has 0 bridgehead atoms. The summed E-state index contributed by atoms with van der Waals surface area (Å²) < 4.78 is 49.5. The van der Waals surface area contributed by atoms with Gasteiger partial charge in [-0.25, -0.2) is 0 Å². The Morgan fingerprint density at radius 2 is 1.71 bits per heavy atom. The van der Waals surface area contributed by atoms with Crippen LogP contribution in [0.15, 0.2) is 66.7 Å². The van der Waals surface area contributed by atoms with E-state index < -0.39 is 29.1 Å². The number of fused-ring (bicyclic) bond motifs is 1. The SMILES string of the molecule is COc1ccc2c(c1)c(C(=O)C(=O)Nc1ccccc1)c(C(F)(F)F)n2Cc1ccc(Cl)cc1Cl. The summed E-state index contributed by atoms with van der Waals surface area (Å²) in [4.78, 5) is 25.9. The molecule has 1 amide bonds. The van der Waals surface area contributed by atoms with Gasteiger partial charge in [-0.05, 0) is 48.0 Å². The Labute approximate surface area is 208 Å². The van der Waals surface area contributed by atoms with E-state index in [1.165, 1.54) is 55.6 Å². The first-order chi connectivity index (χ1) is 16.6. The summed E-state index contributed by atoms with van der Waals surface area (Å²) in [7, 11) is 1.35. The van der Waals surface area contributed by atoms with E-state index in [2.05, 4.69) is 5.32 Å². The van der Waals surface area contributed by atoms with Gasteiger partial charge in [-0.15, -0.1) is 0 Å². The third-order valence-corrected chi connectivity index (χ3v) is 5.93. The van der Waals surface area contributed by atoms with Crippen molar-refractivity contribution in [3.05, 3.63) is 93.6 Å². The fourth-order valence-corrected chi connectivity index (χ4v) is 4.26. The number of amides is 1. The van der Waals surface area contributed by atoms with Crippen LogP contribution in [0.3, 0.4) is 0 Å². The van der Waals surface area contributed by atoms with Crippen molar-refractivity contribution in [3.8, 4) is 5.75 Å². The molecule has 0 unspecified atom stereocenters. The van der Waals surface area contributed by atoms with Crippen LogP contribution in [0.2, 0.25) is 10.0 Å². The number of ether oxygens (including phenoxy) is 1. The fraction of sp³-hybridized carbons (Fsp3) is 0.120. The zero-order valence-corrected chi connectivity index (χ0v) is 19.6. The number of para-hydroxylation sites is 1. The minimum absolute atomic E-state index is 0.0741. The second-order valence-electron chi connectivity index (χ2n) is 7.58. The molecule has 0 saturated heterocycles. The summed E-state index contributed by atoms with van der Waals surface area (Å²) in [6.07, 6.45) is -4.97. The molecule has 10 heteroatoms. The molecule has 0 aliphatic carbocycles. The van der Waals surface area contributed by atoms with Crippen LogP contribution < -0.4 is 10.1 Å². The van der Waals surface area contributed by atoms with Crippen molar-refractivity contribution in [2.75, 3.05) is 12.4 Å². The molecule has 0 aliphatic rings. The highest BCUT2D eigenvalue weighted by Crippen LogP contribution is 2.40. The van der Waals surface area contributed by atoms with E-state index in [0.717, 1.165) is 4.57 Å². The molecule has 1 aromatic heterocycles. The number of alkyl halides is 3. The lowest BCUT2D eigenvalue weighted by Crippen LogP contribution is -2.26. The summed E-state index contributed by atoms with van der Waals surface area (Å²) >= 11 is 12.1. The summed E-state index contributed by atoms with van der Waals surface area (Å²) in [5, 5.41) is 2.77. The number of methoxy groups -OCH3 is 1. The monoisotopic (exact) mass is 520 g/mol. The van der Waals surface area contributed by atoms with Gasteiger partial charge in [0.15, 0.2) is 0 Å². The second kappa shape index (κ2) is 9.64. The van der Waals surface area contributed by atoms with E-state index in [-0.39, 0.29) is 33.9 Å². The van der Waals surface area contributed by atoms with Crippen molar-refractivity contribution in [1.82, 2.24) is 4.57 Å². The Kier molecular flexibility index (Phi) is 6.78. The lowest BCUT2D eigenvalue weighted by atomic mass is 10.0. The largest absolute Gasteiger partial charge is 0.497 e. The van der Waals surface area contributed by atoms with E-state index >= 15 is 0 Å². The number of rotatable bonds is 6. The molecule has 1 N–H and O–H groups in total. The van der Waals surface area contributed by atoms with Gasteiger partial charge in [0.1, 0.15) is 11.4 Å². The number of aromatic nitrogens is 1. The Hall–Kier alpha value is -3.49. The summed E-state index contributed by atoms with van der Waals surface area (Å²) in [5.41, 5.74) is -1.33. The molecule has 4 rings (SSSR count). The molecule has 35 heavy (non-hydrogen) atoms. The fourth-order valence-electron chi connectivity index (χ4n) is 3.79. The van der Waals surface area contributed by atoms with E-state index in [0.29, 0.717) is 10.6 Å². The van der Waals surface area contributed by atoms with Gasteiger partial charge in [0, 0.05) is 33.2 Å². The van der Waals surface area contributed by atoms with Gasteiger partial charge in [-0.3, -0.25) is 9.59 Å². The molecule has 1 heterocycles. The summed E-state index contributed by atoms with van der Waals surface area (Å²) in [6, 6.07) is 16.6. The number of carbonyl (C=O) groups excluding carboxylic acids is 2. The number of Topliss-reactive ketones (excluding diaryl/α,β-unsaturated/α-hetero) is 1. The minimum atomic E-state index is -4.97. The summed E-state index contributed by atoms with van der Waals surface area (Å²) in [5.74, 6) is -2.31. The van der Waals surface area contributed by atoms with Crippen LogP contribution in [-0.4, -0.2) is 23.4 Å². The molecular formula is C25H17Cl2F3N2O3. The van der Waals surface area contributed by atoms with E-state index in [1.807, 2.05) is 0 Å². The highest BCUT2D eigenvalue weighted by atomic mass is 35.5. The molecule has 0 saturated carbocycles. The van der Waals surface area contributed by atoms with Gasteiger partial charge in [-0.1, -0.05) is 47.5 Å². The Balaban J connectivity index is 1.93. The standard InChI is InChI=1S/C25H17Cl2F3N2O3/c1-35-17-9-10-20-18(12-17)21(22(33)24(34)31-16-5-3-2-4-6-16)23(25(28,29)30)32(20)13-14-7-8-15(26)11-19(14)27/h2-12H,13H2,1H3,(H,31,34). The van der Waals surface area contributed by atoms with Gasteiger partial charge in [0.2, 0.25) is 0 Å². The van der Waals surface area contributed by atoms with E-state index in [4.69, 9.17) is 27.9 Å². The van der Waals surface area contributed by atoms with Gasteiger partial charge in [0.25, 0.3) is 11.7 Å². The molecule has 180 valence electrons. The smallest absolute Gasteiger partial charge is 0.432 e. The Bertz CT molecular complexity index is 1430. The van der Waals surface area contributed by atoms with Crippen LogP contribution in [-0.2, 0) is 17.5 Å². The molecule has 0 radical (unpaired) electrons. The Morgan fingerprint density at radius 1 is 1.00 bits per heavy atom. The number of halogens is 5. The normalized spacial score (nSPS) is 11.5. The average molecular weight is 521 g/mol. The van der Waals surface area contributed by atoms with Gasteiger partial charge >= 0.3 is 6.18 Å². The lowest BCUT2D eigenvalue weighted by Gasteiger charge is -2.15. The van der Waals surface area contributed by atoms with Crippen LogP contribution in [0.4, 0.5) is 18.9 Å². The molecule has 5 nitrogen and oxygen atoms in total. The maximum Gasteiger partial charge on any atom is 0.432 e. The van der Waals surface area contributed by atoms with Crippen molar-refractivity contribution < 1.29 is 27.5 Å². The molecule has 3 aromatic carbocycles. The highest BCUT2D eigenvalue weighted by molar-refractivity contribution is 6.48. The average Bonchev–Trinajstić information content (AvgIpc) is 3.14. The zero-order chi connectivity index (χ0) is 25.3. The molecular weight excluding hydrogens is 504 g/mol.